The van der Waals surface area contributed by atoms with Crippen LogP contribution in [0.4, 0.5) is 0 Å². The molecule has 0 aliphatic heterocycles. The van der Waals surface area contributed by atoms with Crippen LogP contribution in [-0.2, 0) is 32.1 Å². The van der Waals surface area contributed by atoms with Crippen LogP contribution < -0.4 is 24.8 Å². The van der Waals surface area contributed by atoms with Crippen molar-refractivity contribution >= 4 is 26.4 Å². The summed E-state index contributed by atoms with van der Waals surface area (Å²) < 4.78 is 3.41. The maximum absolute atomic E-state index is 6.69. The molecule has 0 nitrogen and oxygen atoms in total. The Bertz CT molecular complexity index is 1690. The summed E-state index contributed by atoms with van der Waals surface area (Å²) in [6.45, 7) is 13.9. The number of benzene rings is 4. The molecule has 0 atom stereocenters. The van der Waals surface area contributed by atoms with Crippen LogP contribution in [0.5, 0.6) is 0 Å². The Labute approximate surface area is 293 Å². The molecule has 0 saturated heterocycles. The molecule has 0 bridgehead atoms. The van der Waals surface area contributed by atoms with Crippen molar-refractivity contribution in [2.45, 2.75) is 62.4 Å². The Morgan fingerprint density at radius 2 is 1.14 bits per heavy atom. The molecule has 0 N–H and O–H groups in total. The number of halogens is 4. The predicted molar refractivity (Wildman–Crippen MR) is 179 cm³/mol. The van der Waals surface area contributed by atoms with Crippen LogP contribution in [0.2, 0.25) is 10.0 Å². The molecule has 0 heterocycles. The minimum Gasteiger partial charge on any atom is -1.00 e. The average molecular weight is 740 g/mol. The second-order valence-electron chi connectivity index (χ2n) is 13.7. The van der Waals surface area contributed by atoms with Gasteiger partial charge in [0.15, 0.2) is 0 Å². The summed E-state index contributed by atoms with van der Waals surface area (Å²) in [6.07, 6.45) is 8.02. The fraction of sp³-hybridized carbons (Fsp3) is 0.256. The average Bonchev–Trinajstić information content (AvgIpc) is 3.57. The van der Waals surface area contributed by atoms with E-state index in [1.807, 2.05) is 12.1 Å². The molecule has 4 aromatic carbocycles. The van der Waals surface area contributed by atoms with Gasteiger partial charge in [-0.15, -0.1) is 0 Å². The number of allylic oxidation sites excluding steroid dienone is 4. The summed E-state index contributed by atoms with van der Waals surface area (Å²) in [4.78, 5) is 0. The van der Waals surface area contributed by atoms with Crippen molar-refractivity contribution in [1.29, 1.82) is 0 Å². The van der Waals surface area contributed by atoms with E-state index < -0.39 is 21.3 Å². The van der Waals surface area contributed by atoms with E-state index in [1.54, 1.807) is 3.28 Å². The first-order valence-corrected chi connectivity index (χ1v) is 19.5. The summed E-state index contributed by atoms with van der Waals surface area (Å²) in [7, 11) is 0. The molecule has 2 aliphatic rings. The molecular formula is C39H38Cl4Zr. The topological polar surface area (TPSA) is 0 Å². The van der Waals surface area contributed by atoms with Gasteiger partial charge in [-0.1, -0.05) is 0 Å². The molecule has 4 aromatic rings. The van der Waals surface area contributed by atoms with Gasteiger partial charge >= 0.3 is 271 Å². The molecule has 0 amide bonds. The van der Waals surface area contributed by atoms with E-state index >= 15 is 0 Å². The van der Waals surface area contributed by atoms with E-state index in [9.17, 15) is 0 Å². The third kappa shape index (κ3) is 6.84. The molecule has 2 aliphatic carbocycles. The van der Waals surface area contributed by atoms with Crippen molar-refractivity contribution in [2.75, 3.05) is 0 Å². The van der Waals surface area contributed by atoms with E-state index in [0.29, 0.717) is 3.63 Å². The van der Waals surface area contributed by atoms with Gasteiger partial charge in [0.2, 0.25) is 0 Å². The van der Waals surface area contributed by atoms with Gasteiger partial charge in [-0.2, -0.15) is 0 Å². The zero-order valence-corrected chi connectivity index (χ0v) is 31.6. The molecule has 6 rings (SSSR count). The Balaban J connectivity index is 0.00000221. The van der Waals surface area contributed by atoms with E-state index in [1.165, 1.54) is 47.7 Å². The zero-order valence-electron chi connectivity index (χ0n) is 26.1. The van der Waals surface area contributed by atoms with E-state index in [0.717, 1.165) is 16.5 Å². The predicted octanol–water partition coefficient (Wildman–Crippen LogP) is 5.40. The van der Waals surface area contributed by atoms with Crippen LogP contribution in [0.15, 0.2) is 106 Å². The largest absolute Gasteiger partial charge is 1.00 e. The molecule has 0 spiro atoms. The van der Waals surface area contributed by atoms with Crippen LogP contribution in [0, 0.1) is 0 Å². The minimum absolute atomic E-state index is 0. The van der Waals surface area contributed by atoms with Crippen LogP contribution in [0.3, 0.4) is 0 Å². The number of hydrogen-bond acceptors (Lipinski definition) is 0. The Hall–Kier alpha value is -1.73. The monoisotopic (exact) mass is 736 g/mol. The zero-order chi connectivity index (χ0) is 29.8. The van der Waals surface area contributed by atoms with Gasteiger partial charge in [-0.3, -0.25) is 0 Å². The molecule has 0 unspecified atom stereocenters. The molecule has 226 valence electrons. The Kier molecular flexibility index (Phi) is 10.8. The van der Waals surface area contributed by atoms with Crippen LogP contribution >= 0.6 is 23.2 Å². The van der Waals surface area contributed by atoms with E-state index in [4.69, 9.17) is 23.2 Å². The maximum Gasteiger partial charge on any atom is -1.00 e. The second kappa shape index (κ2) is 13.6. The molecular weight excluding hydrogens is 701 g/mol. The standard InChI is InChI=1S/C21H25.C13H8Cl2.C5H5.2ClH.Zr/c1-20(2,3)16-7-9-18-14(12-16)11-15-13-17(21(4,5)6)8-10-19(15)18;14-12-5-1-3-10(8-12)7-11-4-2-6-13(15)9-11;1-2-4-5-3-1;;;/h7-13H,1-6H3;1-6,8-9H;1-3H,4H2;2*1H;/q;;;;;+2/p-2. The van der Waals surface area contributed by atoms with E-state index in [2.05, 4.69) is 133 Å². The summed E-state index contributed by atoms with van der Waals surface area (Å²) in [5.74, 6) is 0. The van der Waals surface area contributed by atoms with Crippen molar-refractivity contribution < 1.29 is 46.1 Å². The maximum atomic E-state index is 6.69. The van der Waals surface area contributed by atoms with Crippen molar-refractivity contribution in [3.8, 4) is 11.1 Å². The third-order valence-electron chi connectivity index (χ3n) is 8.65. The van der Waals surface area contributed by atoms with Gasteiger partial charge in [-0.25, -0.2) is 0 Å². The summed E-state index contributed by atoms with van der Waals surface area (Å²) in [5.41, 5.74) is 11.1. The van der Waals surface area contributed by atoms with Crippen molar-refractivity contribution in [1.82, 2.24) is 0 Å². The Morgan fingerprint density at radius 1 is 0.659 bits per heavy atom. The number of hydrogen-bond donors (Lipinski definition) is 0. The van der Waals surface area contributed by atoms with Crippen LogP contribution in [0.1, 0.15) is 85.0 Å². The van der Waals surface area contributed by atoms with Gasteiger partial charge in [0.1, 0.15) is 0 Å². The van der Waals surface area contributed by atoms with Gasteiger partial charge < -0.3 is 24.8 Å². The normalized spacial score (nSPS) is 13.7. The summed E-state index contributed by atoms with van der Waals surface area (Å²) in [6, 6.07) is 31.5. The van der Waals surface area contributed by atoms with Gasteiger partial charge in [0.25, 0.3) is 0 Å². The first-order valence-electron chi connectivity index (χ1n) is 14.8. The fourth-order valence-electron chi connectivity index (χ4n) is 6.41. The molecule has 0 aromatic heterocycles. The fourth-order valence-corrected chi connectivity index (χ4v) is 15.7. The number of fused-ring (bicyclic) bond motifs is 3. The summed E-state index contributed by atoms with van der Waals surface area (Å²) in [5, 5.41) is 1.54. The van der Waals surface area contributed by atoms with Crippen molar-refractivity contribution in [3.63, 3.8) is 0 Å². The van der Waals surface area contributed by atoms with Crippen LogP contribution in [0.25, 0.3) is 11.1 Å². The SMILES string of the molecule is CC(C)(C)c1ccc2c(c1)[CH]([Zr+2]([C]1=CC=CC1)=[C](c1cccc(Cl)c1)c1cccc(Cl)c1)c1cc(C(C)(C)C)ccc1-2.[Cl-].[Cl-]. The van der Waals surface area contributed by atoms with Gasteiger partial charge in [-0.05, 0) is 0 Å². The summed E-state index contributed by atoms with van der Waals surface area (Å²) >= 11 is 10.6. The number of rotatable bonds is 4. The molecule has 0 radical (unpaired) electrons. The second-order valence-corrected chi connectivity index (χ2v) is 20.8. The van der Waals surface area contributed by atoms with E-state index in [-0.39, 0.29) is 35.6 Å². The molecule has 0 saturated carbocycles. The third-order valence-corrected chi connectivity index (χ3v) is 17.4. The first kappa shape index (κ1) is 35.1. The van der Waals surface area contributed by atoms with Crippen molar-refractivity contribution in [2.24, 2.45) is 0 Å². The minimum atomic E-state index is -2.83. The van der Waals surface area contributed by atoms with Gasteiger partial charge in [0, 0.05) is 0 Å². The molecule has 44 heavy (non-hydrogen) atoms. The molecule has 0 fully saturated rings. The molecule has 5 heteroatoms. The van der Waals surface area contributed by atoms with Gasteiger partial charge in [0.05, 0.1) is 0 Å². The van der Waals surface area contributed by atoms with Crippen LogP contribution in [-0.4, -0.2) is 3.21 Å². The quantitative estimate of drug-likeness (QED) is 0.264. The first-order chi connectivity index (χ1) is 19.9. The van der Waals surface area contributed by atoms with Crippen molar-refractivity contribution in [3.05, 3.63) is 150 Å². The Morgan fingerprint density at radius 3 is 1.52 bits per heavy atom. The smallest absolute Gasteiger partial charge is 1.00 e.